The number of ketones is 1. The third-order valence-corrected chi connectivity index (χ3v) is 6.40. The Kier molecular flexibility index (Phi) is 8.89. The lowest BCUT2D eigenvalue weighted by molar-refractivity contribution is -0.137. The molecule has 2 aromatic rings. The van der Waals surface area contributed by atoms with E-state index in [0.717, 1.165) is 50.7 Å². The number of amides is 1. The molecule has 184 valence electrons. The Balaban J connectivity index is 1.42. The van der Waals surface area contributed by atoms with Crippen LogP contribution in [0.15, 0.2) is 48.5 Å². The molecule has 0 aliphatic carbocycles. The lowest BCUT2D eigenvalue weighted by Crippen LogP contribution is -2.33. The summed E-state index contributed by atoms with van der Waals surface area (Å²) in [4.78, 5) is 26.7. The molecule has 2 aromatic carbocycles. The number of Topliss-reactive ketones (excluding diaryl/α,β-unsaturated/α-hetero) is 1. The fraction of sp³-hybridized carbons (Fsp3) is 0.481. The third-order valence-electron chi connectivity index (χ3n) is 6.40. The van der Waals surface area contributed by atoms with Crippen LogP contribution in [-0.2, 0) is 11.0 Å². The number of benzene rings is 2. The van der Waals surface area contributed by atoms with E-state index >= 15 is 0 Å². The molecule has 0 atom stereocenters. The van der Waals surface area contributed by atoms with Crippen molar-refractivity contribution in [1.29, 1.82) is 0 Å². The number of carbonyl (C=O) groups excluding carboxylic acids is 2. The number of alkyl halides is 3. The molecule has 0 bridgehead atoms. The lowest BCUT2D eigenvalue weighted by atomic mass is 9.89. The topological polar surface area (TPSA) is 49.4 Å². The molecule has 1 N–H and O–H groups in total. The van der Waals surface area contributed by atoms with Crippen LogP contribution >= 0.6 is 0 Å². The molecule has 1 aliphatic rings. The zero-order chi connectivity index (χ0) is 24.7. The predicted molar refractivity (Wildman–Crippen MR) is 128 cm³/mol. The molecule has 1 aliphatic heterocycles. The van der Waals surface area contributed by atoms with Gasteiger partial charge in [0.05, 0.1) is 5.56 Å². The first-order valence-corrected chi connectivity index (χ1v) is 12.0. The molecule has 4 nitrogen and oxygen atoms in total. The molecule has 7 heteroatoms. The van der Waals surface area contributed by atoms with Crippen LogP contribution in [0.4, 0.5) is 18.9 Å². The van der Waals surface area contributed by atoms with Gasteiger partial charge < -0.3 is 10.2 Å². The van der Waals surface area contributed by atoms with E-state index in [2.05, 4.69) is 22.3 Å². The number of nitrogens with one attached hydrogen (secondary N) is 1. The van der Waals surface area contributed by atoms with Gasteiger partial charge in [-0.05, 0) is 75.0 Å². The number of carbonyl (C=O) groups is 2. The zero-order valence-electron chi connectivity index (χ0n) is 19.8. The fourth-order valence-electron chi connectivity index (χ4n) is 4.38. The summed E-state index contributed by atoms with van der Waals surface area (Å²) in [7, 11) is 0. The molecule has 0 aromatic heterocycles. The van der Waals surface area contributed by atoms with Crippen LogP contribution in [0, 0.1) is 5.92 Å². The maximum absolute atomic E-state index is 13.1. The van der Waals surface area contributed by atoms with Crippen LogP contribution in [-0.4, -0.2) is 36.2 Å². The Labute approximate surface area is 199 Å². The van der Waals surface area contributed by atoms with Crippen molar-refractivity contribution in [3.8, 4) is 0 Å². The molecule has 34 heavy (non-hydrogen) atoms. The molecule has 0 spiro atoms. The van der Waals surface area contributed by atoms with E-state index < -0.39 is 17.5 Å². The smallest absolute Gasteiger partial charge is 0.326 e. The van der Waals surface area contributed by atoms with Crippen LogP contribution in [0.1, 0.15) is 73.4 Å². The highest BCUT2D eigenvalue weighted by Crippen LogP contribution is 2.33. The summed E-state index contributed by atoms with van der Waals surface area (Å²) in [6.07, 6.45) is -1.02. The van der Waals surface area contributed by atoms with E-state index in [9.17, 15) is 22.8 Å². The number of anilines is 1. The highest BCUT2D eigenvalue weighted by Gasteiger charge is 2.34. The normalized spacial score (nSPS) is 15.5. The van der Waals surface area contributed by atoms with Gasteiger partial charge in [-0.15, -0.1) is 0 Å². The van der Waals surface area contributed by atoms with Gasteiger partial charge in [0.1, 0.15) is 0 Å². The SMILES string of the molecule is CC(C)C(=O)Nc1cccc(C2CCN(CCCCC(=O)c3ccccc3C(F)(F)F)CC2)c1. The Morgan fingerprint density at radius 2 is 1.74 bits per heavy atom. The van der Waals surface area contributed by atoms with Gasteiger partial charge in [-0.25, -0.2) is 0 Å². The molecular formula is C27H33F3N2O2. The van der Waals surface area contributed by atoms with E-state index in [-0.39, 0.29) is 23.8 Å². The summed E-state index contributed by atoms with van der Waals surface area (Å²) in [5, 5.41) is 2.96. The number of hydrogen-bond acceptors (Lipinski definition) is 3. The Hall–Kier alpha value is -2.67. The first-order valence-electron chi connectivity index (χ1n) is 12.0. The van der Waals surface area contributed by atoms with Gasteiger partial charge in [0.15, 0.2) is 5.78 Å². The number of likely N-dealkylation sites (tertiary alicyclic amines) is 1. The van der Waals surface area contributed by atoms with Crippen molar-refractivity contribution in [2.24, 2.45) is 5.92 Å². The highest BCUT2D eigenvalue weighted by atomic mass is 19.4. The maximum atomic E-state index is 13.1. The molecule has 3 rings (SSSR count). The average molecular weight is 475 g/mol. The van der Waals surface area contributed by atoms with Gasteiger partial charge >= 0.3 is 6.18 Å². The minimum Gasteiger partial charge on any atom is -0.326 e. The molecule has 0 unspecified atom stereocenters. The molecule has 1 saturated heterocycles. The van der Waals surface area contributed by atoms with Gasteiger partial charge in [0.25, 0.3) is 0 Å². The van der Waals surface area contributed by atoms with Crippen LogP contribution in [0.3, 0.4) is 0 Å². The van der Waals surface area contributed by atoms with Crippen molar-refractivity contribution in [2.75, 3.05) is 25.0 Å². The summed E-state index contributed by atoms with van der Waals surface area (Å²) in [5.41, 5.74) is 0.975. The van der Waals surface area contributed by atoms with Gasteiger partial charge in [-0.2, -0.15) is 13.2 Å². The minimum atomic E-state index is -4.52. The van der Waals surface area contributed by atoms with Crippen LogP contribution in [0.5, 0.6) is 0 Å². The molecule has 0 saturated carbocycles. The molecule has 1 fully saturated rings. The summed E-state index contributed by atoms with van der Waals surface area (Å²) in [6.45, 7) is 6.46. The van der Waals surface area contributed by atoms with E-state index in [1.54, 1.807) is 0 Å². The van der Waals surface area contributed by atoms with Crippen LogP contribution in [0.25, 0.3) is 0 Å². The van der Waals surface area contributed by atoms with Crippen molar-refractivity contribution in [3.63, 3.8) is 0 Å². The van der Waals surface area contributed by atoms with Gasteiger partial charge in [0.2, 0.25) is 5.91 Å². The molecule has 1 amide bonds. The van der Waals surface area contributed by atoms with Crippen LogP contribution < -0.4 is 5.32 Å². The summed E-state index contributed by atoms with van der Waals surface area (Å²) >= 11 is 0. The summed E-state index contributed by atoms with van der Waals surface area (Å²) < 4.78 is 39.4. The first kappa shape index (κ1) is 25.9. The van der Waals surface area contributed by atoms with Gasteiger partial charge in [0, 0.05) is 23.6 Å². The summed E-state index contributed by atoms with van der Waals surface area (Å²) in [6, 6.07) is 13.1. The zero-order valence-corrected chi connectivity index (χ0v) is 19.8. The standard InChI is InChI=1S/C27H33F3N2O2/c1-19(2)26(34)31-22-9-7-8-21(18-22)20-13-16-32(17-14-20)15-6-5-12-25(33)23-10-3-4-11-24(23)27(28,29)30/h3-4,7-11,18-20H,5-6,12-17H2,1-2H3,(H,31,34). The summed E-state index contributed by atoms with van der Waals surface area (Å²) in [5.74, 6) is -0.0717. The first-order chi connectivity index (χ1) is 16.1. The minimum absolute atomic E-state index is 0.00680. The largest absolute Gasteiger partial charge is 0.417 e. The van der Waals surface area contributed by atoms with Crippen molar-refractivity contribution in [2.45, 2.75) is 58.0 Å². The molecule has 1 heterocycles. The Morgan fingerprint density at radius 3 is 2.41 bits per heavy atom. The number of rotatable bonds is 9. The number of nitrogens with zero attached hydrogens (tertiary/aromatic N) is 1. The molecular weight excluding hydrogens is 441 g/mol. The highest BCUT2D eigenvalue weighted by molar-refractivity contribution is 5.97. The number of halogens is 3. The number of hydrogen-bond donors (Lipinski definition) is 1. The van der Waals surface area contributed by atoms with E-state index in [1.165, 1.54) is 23.8 Å². The second kappa shape index (κ2) is 11.6. The van der Waals surface area contributed by atoms with Gasteiger partial charge in [-0.3, -0.25) is 9.59 Å². The van der Waals surface area contributed by atoms with Crippen molar-refractivity contribution in [1.82, 2.24) is 4.90 Å². The Morgan fingerprint density at radius 1 is 1.03 bits per heavy atom. The quantitative estimate of drug-likeness (QED) is 0.332. The second-order valence-corrected chi connectivity index (χ2v) is 9.31. The Bertz CT molecular complexity index is 980. The average Bonchev–Trinajstić information content (AvgIpc) is 2.81. The third kappa shape index (κ3) is 7.16. The maximum Gasteiger partial charge on any atom is 0.417 e. The number of piperidine rings is 1. The number of unbranched alkanes of at least 4 members (excludes halogenated alkanes) is 1. The van der Waals surface area contributed by atoms with Crippen LogP contribution in [0.2, 0.25) is 0 Å². The van der Waals surface area contributed by atoms with Crippen molar-refractivity contribution < 1.29 is 22.8 Å². The van der Waals surface area contributed by atoms with Crippen molar-refractivity contribution in [3.05, 3.63) is 65.2 Å². The predicted octanol–water partition coefficient (Wildman–Crippen LogP) is 6.53. The van der Waals surface area contributed by atoms with Gasteiger partial charge in [-0.1, -0.05) is 44.2 Å². The monoisotopic (exact) mass is 474 g/mol. The van der Waals surface area contributed by atoms with E-state index in [0.29, 0.717) is 12.3 Å². The van der Waals surface area contributed by atoms with E-state index in [1.807, 2.05) is 26.0 Å². The van der Waals surface area contributed by atoms with E-state index in [4.69, 9.17) is 0 Å². The fourth-order valence-corrected chi connectivity index (χ4v) is 4.38. The molecule has 0 radical (unpaired) electrons. The second-order valence-electron chi connectivity index (χ2n) is 9.31. The lowest BCUT2D eigenvalue weighted by Gasteiger charge is -2.32. The van der Waals surface area contributed by atoms with Crippen molar-refractivity contribution >= 4 is 17.4 Å².